The summed E-state index contributed by atoms with van der Waals surface area (Å²) < 4.78 is 38.8. The van der Waals surface area contributed by atoms with E-state index in [4.69, 9.17) is 5.73 Å². The molecule has 106 valence electrons. The summed E-state index contributed by atoms with van der Waals surface area (Å²) in [6.07, 6.45) is -2.27. The number of hydrogen-bond acceptors (Lipinski definition) is 5. The molecule has 19 heavy (non-hydrogen) atoms. The van der Waals surface area contributed by atoms with Crippen molar-refractivity contribution in [2.45, 2.75) is 17.1 Å². The van der Waals surface area contributed by atoms with E-state index in [9.17, 15) is 23.0 Å². The van der Waals surface area contributed by atoms with Crippen molar-refractivity contribution in [1.29, 1.82) is 0 Å². The number of nitrogen functional groups attached to an aromatic ring is 1. The fourth-order valence-electron chi connectivity index (χ4n) is 1.81. The molecular weight excluding hydrogens is 343 g/mol. The standard InChI is InChI=1S/C10H12BrFN2O4S/c11-5-1-6(12)7(13)2-10(5)19(17,18)14-3-8(15)9(16)4-14/h1-2,8-9,15-16H,3-4,13H2. The zero-order valence-electron chi connectivity index (χ0n) is 9.62. The molecule has 2 rings (SSSR count). The lowest BCUT2D eigenvalue weighted by molar-refractivity contribution is 0.0572. The van der Waals surface area contributed by atoms with Gasteiger partial charge in [0.25, 0.3) is 0 Å². The maximum Gasteiger partial charge on any atom is 0.244 e. The molecule has 0 spiro atoms. The van der Waals surface area contributed by atoms with Crippen molar-refractivity contribution in [2.75, 3.05) is 18.8 Å². The van der Waals surface area contributed by atoms with Crippen molar-refractivity contribution in [3.63, 3.8) is 0 Å². The molecule has 1 aliphatic heterocycles. The highest BCUT2D eigenvalue weighted by Gasteiger charge is 2.38. The van der Waals surface area contributed by atoms with Gasteiger partial charge >= 0.3 is 0 Å². The van der Waals surface area contributed by atoms with Gasteiger partial charge < -0.3 is 15.9 Å². The molecule has 1 aromatic carbocycles. The van der Waals surface area contributed by atoms with E-state index >= 15 is 0 Å². The van der Waals surface area contributed by atoms with E-state index in [-0.39, 0.29) is 28.1 Å². The second kappa shape index (κ2) is 4.98. The summed E-state index contributed by atoms with van der Waals surface area (Å²) >= 11 is 2.97. The molecule has 0 saturated carbocycles. The summed E-state index contributed by atoms with van der Waals surface area (Å²) in [5.74, 6) is -0.729. The van der Waals surface area contributed by atoms with E-state index in [0.29, 0.717) is 0 Å². The summed E-state index contributed by atoms with van der Waals surface area (Å²) in [5.41, 5.74) is 5.07. The molecule has 0 aliphatic carbocycles. The number of aliphatic hydroxyl groups is 2. The Balaban J connectivity index is 2.43. The van der Waals surface area contributed by atoms with Crippen LogP contribution in [0.5, 0.6) is 0 Å². The molecule has 1 saturated heterocycles. The van der Waals surface area contributed by atoms with Gasteiger partial charge in [-0.15, -0.1) is 0 Å². The Morgan fingerprint density at radius 2 is 1.84 bits per heavy atom. The summed E-state index contributed by atoms with van der Waals surface area (Å²) in [7, 11) is -3.95. The molecule has 1 aromatic rings. The van der Waals surface area contributed by atoms with Crippen molar-refractivity contribution in [3.8, 4) is 0 Å². The van der Waals surface area contributed by atoms with Crippen LogP contribution in [-0.2, 0) is 10.0 Å². The van der Waals surface area contributed by atoms with E-state index in [1.54, 1.807) is 0 Å². The topological polar surface area (TPSA) is 104 Å². The van der Waals surface area contributed by atoms with E-state index in [0.717, 1.165) is 16.4 Å². The monoisotopic (exact) mass is 354 g/mol. The first-order valence-corrected chi connectivity index (χ1v) is 7.57. The van der Waals surface area contributed by atoms with Crippen LogP contribution in [-0.4, -0.2) is 48.2 Å². The molecule has 2 unspecified atom stereocenters. The highest BCUT2D eigenvalue weighted by Crippen LogP contribution is 2.30. The number of β-amino-alcohol motifs (C(OH)–C–C–N with tert-alkyl or cyclic N) is 2. The first-order chi connectivity index (χ1) is 8.73. The summed E-state index contributed by atoms with van der Waals surface area (Å²) in [6, 6.07) is 1.97. The summed E-state index contributed by atoms with van der Waals surface area (Å²) in [4.78, 5) is -0.201. The summed E-state index contributed by atoms with van der Waals surface area (Å²) in [6.45, 7) is -0.430. The van der Waals surface area contributed by atoms with Crippen LogP contribution in [0.1, 0.15) is 0 Å². The van der Waals surface area contributed by atoms with Crippen LogP contribution in [0.3, 0.4) is 0 Å². The average molecular weight is 355 g/mol. The molecular formula is C10H12BrFN2O4S. The Morgan fingerprint density at radius 1 is 1.32 bits per heavy atom. The quantitative estimate of drug-likeness (QED) is 0.643. The Hall–Kier alpha value is -0.740. The normalized spacial score (nSPS) is 24.8. The highest BCUT2D eigenvalue weighted by molar-refractivity contribution is 9.10. The molecule has 1 heterocycles. The second-order valence-electron chi connectivity index (χ2n) is 4.26. The predicted octanol–water partition coefficient (Wildman–Crippen LogP) is -0.103. The van der Waals surface area contributed by atoms with Crippen LogP contribution in [0.15, 0.2) is 21.5 Å². The fourth-order valence-corrected chi connectivity index (χ4v) is 4.30. The van der Waals surface area contributed by atoms with E-state index in [1.807, 2.05) is 0 Å². The lowest BCUT2D eigenvalue weighted by Gasteiger charge is -2.17. The zero-order valence-corrected chi connectivity index (χ0v) is 12.0. The molecule has 1 fully saturated rings. The van der Waals surface area contributed by atoms with Gasteiger partial charge in [-0.2, -0.15) is 4.31 Å². The minimum absolute atomic E-state index is 0.0371. The number of benzene rings is 1. The minimum Gasteiger partial charge on any atom is -0.396 e. The van der Waals surface area contributed by atoms with E-state index in [2.05, 4.69) is 15.9 Å². The SMILES string of the molecule is Nc1cc(S(=O)(=O)N2CC(O)C(O)C2)c(Br)cc1F. The molecule has 0 radical (unpaired) electrons. The number of hydrogen-bond donors (Lipinski definition) is 3. The largest absolute Gasteiger partial charge is 0.396 e. The Morgan fingerprint density at radius 3 is 2.37 bits per heavy atom. The molecule has 9 heteroatoms. The molecule has 0 bridgehead atoms. The van der Waals surface area contributed by atoms with Gasteiger partial charge in [0, 0.05) is 17.6 Å². The van der Waals surface area contributed by atoms with Gasteiger partial charge in [0.1, 0.15) is 5.82 Å². The maximum absolute atomic E-state index is 13.2. The Bertz CT molecular complexity index is 600. The molecule has 4 N–H and O–H groups in total. The van der Waals surface area contributed by atoms with Crippen LogP contribution < -0.4 is 5.73 Å². The van der Waals surface area contributed by atoms with Crippen LogP contribution in [0.2, 0.25) is 0 Å². The summed E-state index contributed by atoms with van der Waals surface area (Å²) in [5, 5.41) is 18.8. The molecule has 0 aromatic heterocycles. The average Bonchev–Trinajstić information content (AvgIpc) is 2.65. The Labute approximate surface area is 117 Å². The van der Waals surface area contributed by atoms with Crippen LogP contribution >= 0.6 is 15.9 Å². The van der Waals surface area contributed by atoms with E-state index in [1.165, 1.54) is 0 Å². The maximum atomic E-state index is 13.2. The first-order valence-electron chi connectivity index (χ1n) is 5.34. The highest BCUT2D eigenvalue weighted by atomic mass is 79.9. The van der Waals surface area contributed by atoms with Crippen molar-refractivity contribution in [1.82, 2.24) is 4.31 Å². The zero-order chi connectivity index (χ0) is 14.4. The Kier molecular flexibility index (Phi) is 3.85. The van der Waals surface area contributed by atoms with Crippen LogP contribution in [0, 0.1) is 5.82 Å². The number of nitrogens with two attached hydrogens (primary N) is 1. The van der Waals surface area contributed by atoms with Gasteiger partial charge in [-0.3, -0.25) is 0 Å². The van der Waals surface area contributed by atoms with Gasteiger partial charge in [0.2, 0.25) is 10.0 Å². The van der Waals surface area contributed by atoms with Crippen molar-refractivity contribution in [3.05, 3.63) is 22.4 Å². The van der Waals surface area contributed by atoms with E-state index < -0.39 is 28.0 Å². The second-order valence-corrected chi connectivity index (χ2v) is 7.02. The minimum atomic E-state index is -3.95. The first kappa shape index (κ1) is 14.7. The molecule has 1 aliphatic rings. The van der Waals surface area contributed by atoms with Gasteiger partial charge in [0.15, 0.2) is 0 Å². The van der Waals surface area contributed by atoms with Crippen molar-refractivity contribution < 1.29 is 23.0 Å². The fraction of sp³-hybridized carbons (Fsp3) is 0.400. The smallest absolute Gasteiger partial charge is 0.244 e. The lowest BCUT2D eigenvalue weighted by atomic mass is 10.3. The number of aliphatic hydroxyl groups excluding tert-OH is 2. The van der Waals surface area contributed by atoms with Crippen molar-refractivity contribution >= 4 is 31.6 Å². The van der Waals surface area contributed by atoms with Gasteiger partial charge in [-0.25, -0.2) is 12.8 Å². The molecule has 0 amide bonds. The van der Waals surface area contributed by atoms with Gasteiger partial charge in [0.05, 0.1) is 22.8 Å². The van der Waals surface area contributed by atoms with Crippen molar-refractivity contribution in [2.24, 2.45) is 0 Å². The number of anilines is 1. The third-order valence-electron chi connectivity index (χ3n) is 2.89. The number of halogens is 2. The number of sulfonamides is 1. The third-order valence-corrected chi connectivity index (χ3v) is 5.68. The third kappa shape index (κ3) is 2.61. The lowest BCUT2D eigenvalue weighted by Crippen LogP contribution is -2.30. The number of rotatable bonds is 2. The van der Waals surface area contributed by atoms with Crippen LogP contribution in [0.25, 0.3) is 0 Å². The predicted molar refractivity (Wildman–Crippen MR) is 69.3 cm³/mol. The van der Waals surface area contributed by atoms with Crippen LogP contribution in [0.4, 0.5) is 10.1 Å². The number of nitrogens with zero attached hydrogens (tertiary/aromatic N) is 1. The molecule has 6 nitrogen and oxygen atoms in total. The van der Waals surface area contributed by atoms with Gasteiger partial charge in [-0.05, 0) is 28.1 Å². The van der Waals surface area contributed by atoms with Gasteiger partial charge in [-0.1, -0.05) is 0 Å². The molecule has 2 atom stereocenters.